The lowest BCUT2D eigenvalue weighted by Gasteiger charge is -2.16. The lowest BCUT2D eigenvalue weighted by Crippen LogP contribution is -2.42. The van der Waals surface area contributed by atoms with Crippen molar-refractivity contribution in [2.45, 2.75) is 12.6 Å². The molecule has 0 aromatic heterocycles. The van der Waals surface area contributed by atoms with E-state index in [4.69, 9.17) is 4.74 Å². The number of nitrogens with one attached hydrogen (secondary N) is 2. The van der Waals surface area contributed by atoms with Gasteiger partial charge in [0.25, 0.3) is 0 Å². The van der Waals surface area contributed by atoms with Crippen molar-refractivity contribution in [3.63, 3.8) is 0 Å². The van der Waals surface area contributed by atoms with Gasteiger partial charge in [-0.1, -0.05) is 28.1 Å². The minimum absolute atomic E-state index is 0.0480. The summed E-state index contributed by atoms with van der Waals surface area (Å²) >= 11 is 3.41. The van der Waals surface area contributed by atoms with E-state index in [-0.39, 0.29) is 17.9 Å². The van der Waals surface area contributed by atoms with Crippen molar-refractivity contribution >= 4 is 21.8 Å². The molecule has 2 N–H and O–H groups in total. The fourth-order valence-electron chi connectivity index (χ4n) is 2.06. The fraction of sp³-hybridized carbons (Fsp3) is 0.462. The number of halogens is 1. The van der Waals surface area contributed by atoms with Crippen LogP contribution in [-0.2, 0) is 16.1 Å². The molecule has 0 radical (unpaired) electrons. The third-order valence-electron chi connectivity index (χ3n) is 3.14. The van der Waals surface area contributed by atoms with Crippen molar-refractivity contribution in [1.29, 1.82) is 0 Å². The summed E-state index contributed by atoms with van der Waals surface area (Å²) in [6.45, 7) is 1.65. The largest absolute Gasteiger partial charge is 0.379 e. The van der Waals surface area contributed by atoms with Crippen LogP contribution in [0.5, 0.6) is 0 Å². The molecule has 1 fully saturated rings. The van der Waals surface area contributed by atoms with Crippen molar-refractivity contribution < 1.29 is 9.53 Å². The van der Waals surface area contributed by atoms with Gasteiger partial charge in [-0.15, -0.1) is 0 Å². The van der Waals surface area contributed by atoms with Gasteiger partial charge in [0.15, 0.2) is 0 Å². The summed E-state index contributed by atoms with van der Waals surface area (Å²) in [4.78, 5) is 12.0. The quantitative estimate of drug-likeness (QED) is 0.881. The zero-order chi connectivity index (χ0) is 13.0. The predicted molar refractivity (Wildman–Crippen MR) is 73.1 cm³/mol. The van der Waals surface area contributed by atoms with Crippen LogP contribution < -0.4 is 10.6 Å². The molecule has 0 saturated carbocycles. The first-order valence-corrected chi connectivity index (χ1v) is 6.77. The molecule has 0 bridgehead atoms. The highest BCUT2D eigenvalue weighted by atomic mass is 79.9. The Morgan fingerprint density at radius 3 is 3.06 bits per heavy atom. The van der Waals surface area contributed by atoms with Crippen molar-refractivity contribution in [3.8, 4) is 0 Å². The molecular formula is C13H17BrN2O2. The smallest absolute Gasteiger partial charge is 0.227 e. The van der Waals surface area contributed by atoms with E-state index in [9.17, 15) is 4.79 Å². The number of hydrogen-bond donors (Lipinski definition) is 2. The van der Waals surface area contributed by atoms with Crippen LogP contribution in [0, 0.1) is 5.92 Å². The predicted octanol–water partition coefficient (Wildman–Crippen LogP) is 1.30. The number of ether oxygens (including phenoxy) is 1. The molecule has 1 aromatic rings. The second-order valence-corrected chi connectivity index (χ2v) is 5.30. The van der Waals surface area contributed by atoms with Gasteiger partial charge in [0.05, 0.1) is 19.1 Å². The Kier molecular flexibility index (Phi) is 4.74. The first-order chi connectivity index (χ1) is 8.70. The zero-order valence-electron chi connectivity index (χ0n) is 10.3. The molecule has 98 valence electrons. The van der Waals surface area contributed by atoms with Gasteiger partial charge in [0.1, 0.15) is 0 Å². The first-order valence-electron chi connectivity index (χ1n) is 5.98. The molecule has 2 rings (SSSR count). The maximum absolute atomic E-state index is 12.0. The summed E-state index contributed by atoms with van der Waals surface area (Å²) in [5.74, 6) is -0.0472. The number of likely N-dealkylation sites (N-methyl/N-ethyl adjacent to an activating group) is 1. The molecule has 0 spiro atoms. The van der Waals surface area contributed by atoms with Gasteiger partial charge in [-0.2, -0.15) is 0 Å². The van der Waals surface area contributed by atoms with E-state index < -0.39 is 0 Å². The highest BCUT2D eigenvalue weighted by molar-refractivity contribution is 9.10. The van der Waals surface area contributed by atoms with E-state index in [2.05, 4.69) is 26.6 Å². The molecule has 2 unspecified atom stereocenters. The third kappa shape index (κ3) is 3.31. The molecule has 1 aromatic carbocycles. The van der Waals surface area contributed by atoms with Gasteiger partial charge in [0, 0.05) is 17.1 Å². The van der Waals surface area contributed by atoms with Gasteiger partial charge < -0.3 is 15.4 Å². The lowest BCUT2D eigenvalue weighted by molar-refractivity contribution is -0.125. The van der Waals surface area contributed by atoms with Crippen LogP contribution >= 0.6 is 15.9 Å². The van der Waals surface area contributed by atoms with Crippen LogP contribution in [0.25, 0.3) is 0 Å². The van der Waals surface area contributed by atoms with Crippen LogP contribution in [-0.4, -0.2) is 32.2 Å². The molecule has 1 amide bonds. The van der Waals surface area contributed by atoms with Gasteiger partial charge in [-0.3, -0.25) is 4.79 Å². The summed E-state index contributed by atoms with van der Waals surface area (Å²) in [6.07, 6.45) is 0. The lowest BCUT2D eigenvalue weighted by atomic mass is 10.0. The standard InChI is InChI=1S/C13H17BrN2O2/c1-15-12-8-18-7-11(12)13(17)16-6-9-3-2-4-10(14)5-9/h2-5,11-12,15H,6-8H2,1H3,(H,16,17). The number of hydrogen-bond acceptors (Lipinski definition) is 3. The van der Waals surface area contributed by atoms with E-state index >= 15 is 0 Å². The monoisotopic (exact) mass is 312 g/mol. The normalized spacial score (nSPS) is 23.0. The Labute approximate surface area is 115 Å². The van der Waals surface area contributed by atoms with Crippen molar-refractivity contribution in [3.05, 3.63) is 34.3 Å². The van der Waals surface area contributed by atoms with Crippen LogP contribution in [0.2, 0.25) is 0 Å². The average Bonchev–Trinajstić information content (AvgIpc) is 2.84. The average molecular weight is 313 g/mol. The van der Waals surface area contributed by atoms with E-state index in [1.54, 1.807) is 0 Å². The maximum atomic E-state index is 12.0. The third-order valence-corrected chi connectivity index (χ3v) is 3.64. The molecule has 1 heterocycles. The van der Waals surface area contributed by atoms with Crippen molar-refractivity contribution in [1.82, 2.24) is 10.6 Å². The van der Waals surface area contributed by atoms with Gasteiger partial charge in [-0.05, 0) is 24.7 Å². The zero-order valence-corrected chi connectivity index (χ0v) is 11.9. The molecule has 0 aliphatic carbocycles. The first kappa shape index (κ1) is 13.5. The van der Waals surface area contributed by atoms with Crippen LogP contribution in [0.15, 0.2) is 28.7 Å². The molecule has 18 heavy (non-hydrogen) atoms. The maximum Gasteiger partial charge on any atom is 0.227 e. The summed E-state index contributed by atoms with van der Waals surface area (Å²) in [5.41, 5.74) is 1.08. The minimum Gasteiger partial charge on any atom is -0.379 e. The second-order valence-electron chi connectivity index (χ2n) is 4.39. The second kappa shape index (κ2) is 6.31. The molecule has 1 aliphatic heterocycles. The number of carbonyl (C=O) groups excluding carboxylic acids is 1. The number of carbonyl (C=O) groups is 1. The summed E-state index contributed by atoms with van der Waals surface area (Å²) in [5, 5.41) is 6.06. The van der Waals surface area contributed by atoms with Crippen LogP contribution in [0.4, 0.5) is 0 Å². The Balaban J connectivity index is 1.88. The SMILES string of the molecule is CNC1COCC1C(=O)NCc1cccc(Br)c1. The molecule has 1 aliphatic rings. The Morgan fingerprint density at radius 1 is 1.50 bits per heavy atom. The highest BCUT2D eigenvalue weighted by Crippen LogP contribution is 2.14. The topological polar surface area (TPSA) is 50.4 Å². The highest BCUT2D eigenvalue weighted by Gasteiger charge is 2.32. The van der Waals surface area contributed by atoms with E-state index in [1.165, 1.54) is 0 Å². The van der Waals surface area contributed by atoms with E-state index in [1.807, 2.05) is 31.3 Å². The summed E-state index contributed by atoms with van der Waals surface area (Å²) in [6, 6.07) is 8.04. The fourth-order valence-corrected chi connectivity index (χ4v) is 2.51. The van der Waals surface area contributed by atoms with Gasteiger partial charge in [0.2, 0.25) is 5.91 Å². The van der Waals surface area contributed by atoms with Gasteiger partial charge >= 0.3 is 0 Å². The van der Waals surface area contributed by atoms with Gasteiger partial charge in [-0.25, -0.2) is 0 Å². The molecule has 4 nitrogen and oxygen atoms in total. The minimum atomic E-state index is -0.0952. The van der Waals surface area contributed by atoms with E-state index in [0.29, 0.717) is 19.8 Å². The Hall–Kier alpha value is -0.910. The molecule has 5 heteroatoms. The summed E-state index contributed by atoms with van der Waals surface area (Å²) in [7, 11) is 1.86. The molecule has 2 atom stereocenters. The van der Waals surface area contributed by atoms with Crippen LogP contribution in [0.3, 0.4) is 0 Å². The Bertz CT molecular complexity index is 425. The molecule has 1 saturated heterocycles. The number of rotatable bonds is 4. The Morgan fingerprint density at radius 2 is 2.33 bits per heavy atom. The summed E-state index contributed by atoms with van der Waals surface area (Å²) < 4.78 is 6.34. The van der Waals surface area contributed by atoms with Crippen molar-refractivity contribution in [2.24, 2.45) is 5.92 Å². The van der Waals surface area contributed by atoms with Crippen molar-refractivity contribution in [2.75, 3.05) is 20.3 Å². The van der Waals surface area contributed by atoms with Crippen LogP contribution in [0.1, 0.15) is 5.56 Å². The molecular weight excluding hydrogens is 296 g/mol. The number of amides is 1. The number of benzene rings is 1. The van der Waals surface area contributed by atoms with E-state index in [0.717, 1.165) is 10.0 Å².